The van der Waals surface area contributed by atoms with Crippen LogP contribution < -0.4 is 9.64 Å². The Hall–Kier alpha value is -3.12. The van der Waals surface area contributed by atoms with Crippen molar-refractivity contribution in [3.8, 4) is 22.9 Å². The first-order valence-corrected chi connectivity index (χ1v) is 15.5. The number of carbonyl (C=O) groups is 1. The normalized spacial score (nSPS) is 20.8. The molecular formula is C31H34Cl2F2N6O3. The van der Waals surface area contributed by atoms with E-state index in [2.05, 4.69) is 14.9 Å². The molecule has 3 aliphatic heterocycles. The minimum atomic E-state index is -2.64. The number of piperazine rings is 1. The first-order chi connectivity index (χ1) is 21.1. The van der Waals surface area contributed by atoms with Crippen molar-refractivity contribution in [3.63, 3.8) is 0 Å². The molecule has 1 aromatic carbocycles. The van der Waals surface area contributed by atoms with Gasteiger partial charge in [0.15, 0.2) is 5.75 Å². The molecule has 0 amide bonds. The molecule has 0 N–H and O–H groups in total. The van der Waals surface area contributed by atoms with Crippen molar-refractivity contribution in [2.45, 2.75) is 44.2 Å². The van der Waals surface area contributed by atoms with Crippen molar-refractivity contribution < 1.29 is 23.0 Å². The lowest BCUT2D eigenvalue weighted by atomic mass is 9.93. The van der Waals surface area contributed by atoms with Crippen LogP contribution in [0, 0.1) is 5.92 Å². The predicted molar refractivity (Wildman–Crippen MR) is 164 cm³/mol. The number of aromatic nitrogens is 3. The SMILES string of the molecule is COC(=O)CC1CCN(Cc2cc(Oc3cnc(N4CCN5CC(F)(F)C[C@H]5C4)nc3)nc(-c3cc(Cl)cc(Cl)c3)c2)CC1. The number of fused-ring (bicyclic) bond motifs is 1. The van der Waals surface area contributed by atoms with Crippen LogP contribution >= 0.6 is 23.2 Å². The summed E-state index contributed by atoms with van der Waals surface area (Å²) in [6.45, 7) is 3.82. The van der Waals surface area contributed by atoms with Crippen molar-refractivity contribution in [1.82, 2.24) is 24.8 Å². The summed E-state index contributed by atoms with van der Waals surface area (Å²) in [5, 5.41) is 1.00. The number of rotatable bonds is 8. The number of esters is 1. The molecule has 3 fully saturated rings. The molecule has 0 saturated carbocycles. The molecule has 3 aliphatic rings. The lowest BCUT2D eigenvalue weighted by Gasteiger charge is -2.36. The van der Waals surface area contributed by atoms with E-state index >= 15 is 0 Å². The second-order valence-electron chi connectivity index (χ2n) is 11.8. The number of hydrogen-bond acceptors (Lipinski definition) is 9. The van der Waals surface area contributed by atoms with Crippen molar-refractivity contribution in [1.29, 1.82) is 0 Å². The summed E-state index contributed by atoms with van der Waals surface area (Å²) in [7, 11) is 1.43. The van der Waals surface area contributed by atoms with Gasteiger partial charge < -0.3 is 14.4 Å². The molecule has 0 bridgehead atoms. The van der Waals surface area contributed by atoms with E-state index in [1.165, 1.54) is 7.11 Å². The quantitative estimate of drug-likeness (QED) is 0.276. The van der Waals surface area contributed by atoms with Gasteiger partial charge in [-0.05, 0) is 61.7 Å². The minimum Gasteiger partial charge on any atom is -0.469 e. The standard InChI is InChI=1S/C31H34Cl2F2N6O3/c1-43-29(42)10-20-2-4-39(5-3-20)17-21-8-27(22-11-23(32)13-24(33)12-22)38-28(9-21)44-26-15-36-30(37-16-26)40-6-7-41-19-31(34,35)14-25(41)18-40/h8-9,11-13,15-16,20,25H,2-7,10,14,17-19H2,1H3/t25-/m0/s1. The number of halogens is 4. The lowest BCUT2D eigenvalue weighted by Crippen LogP contribution is -2.50. The van der Waals surface area contributed by atoms with Crippen LogP contribution in [0.2, 0.25) is 10.0 Å². The molecule has 2 aromatic heterocycles. The van der Waals surface area contributed by atoms with Gasteiger partial charge in [-0.15, -0.1) is 0 Å². The highest BCUT2D eigenvalue weighted by molar-refractivity contribution is 6.35. The van der Waals surface area contributed by atoms with Gasteiger partial charge in [-0.1, -0.05) is 23.2 Å². The van der Waals surface area contributed by atoms with Crippen LogP contribution in [0.25, 0.3) is 11.3 Å². The Kier molecular flexibility index (Phi) is 9.18. The van der Waals surface area contributed by atoms with Crippen LogP contribution in [-0.4, -0.2) is 89.1 Å². The fraction of sp³-hybridized carbons (Fsp3) is 0.484. The molecule has 0 aliphatic carbocycles. The van der Waals surface area contributed by atoms with Crippen molar-refractivity contribution in [2.24, 2.45) is 5.92 Å². The van der Waals surface area contributed by atoms with E-state index < -0.39 is 5.92 Å². The Labute approximate surface area is 265 Å². The van der Waals surface area contributed by atoms with Crippen LogP contribution in [0.5, 0.6) is 11.6 Å². The van der Waals surface area contributed by atoms with Gasteiger partial charge in [0, 0.05) is 66.7 Å². The van der Waals surface area contributed by atoms with Crippen LogP contribution in [0.15, 0.2) is 42.7 Å². The Balaban J connectivity index is 1.17. The number of benzene rings is 1. The number of hydrogen-bond donors (Lipinski definition) is 0. The summed E-state index contributed by atoms with van der Waals surface area (Å²) in [5.74, 6) is -1.22. The molecule has 0 radical (unpaired) electrons. The number of methoxy groups -OCH3 is 1. The topological polar surface area (TPSA) is 83.9 Å². The van der Waals surface area contributed by atoms with Gasteiger partial charge >= 0.3 is 5.97 Å². The molecular weight excluding hydrogens is 613 g/mol. The highest BCUT2D eigenvalue weighted by Crippen LogP contribution is 2.35. The number of alkyl halides is 2. The third-order valence-corrected chi connectivity index (χ3v) is 8.95. The number of ether oxygens (including phenoxy) is 2. The third-order valence-electron chi connectivity index (χ3n) is 8.51. The second kappa shape index (κ2) is 13.1. The molecule has 44 heavy (non-hydrogen) atoms. The van der Waals surface area contributed by atoms with Crippen molar-refractivity contribution in [3.05, 3.63) is 58.3 Å². The Morgan fingerprint density at radius 2 is 1.75 bits per heavy atom. The third kappa shape index (κ3) is 7.56. The maximum Gasteiger partial charge on any atom is 0.305 e. The maximum atomic E-state index is 13.9. The van der Waals surface area contributed by atoms with E-state index in [1.54, 1.807) is 30.6 Å². The number of carbonyl (C=O) groups excluding carboxylic acids is 1. The summed E-state index contributed by atoms with van der Waals surface area (Å²) < 4.78 is 38.8. The monoisotopic (exact) mass is 646 g/mol. The zero-order chi connectivity index (χ0) is 30.8. The zero-order valence-corrected chi connectivity index (χ0v) is 25.9. The Morgan fingerprint density at radius 1 is 1.02 bits per heavy atom. The van der Waals surface area contributed by atoms with E-state index in [4.69, 9.17) is 37.7 Å². The van der Waals surface area contributed by atoms with Gasteiger partial charge in [0.25, 0.3) is 5.92 Å². The number of likely N-dealkylation sites (tertiary alicyclic amines) is 1. The van der Waals surface area contributed by atoms with Crippen molar-refractivity contribution >= 4 is 35.1 Å². The van der Waals surface area contributed by atoms with E-state index in [-0.39, 0.29) is 25.0 Å². The molecule has 9 nitrogen and oxygen atoms in total. The van der Waals surface area contributed by atoms with Crippen LogP contribution in [0.1, 0.15) is 31.2 Å². The summed E-state index contributed by atoms with van der Waals surface area (Å²) >= 11 is 12.6. The van der Waals surface area contributed by atoms with E-state index in [9.17, 15) is 13.6 Å². The molecule has 1 atom stereocenters. The number of anilines is 1. The van der Waals surface area contributed by atoms with Gasteiger partial charge in [0.1, 0.15) is 0 Å². The van der Waals surface area contributed by atoms with Crippen LogP contribution in [0.3, 0.4) is 0 Å². The van der Waals surface area contributed by atoms with E-state index in [1.807, 2.05) is 21.9 Å². The Morgan fingerprint density at radius 3 is 2.45 bits per heavy atom. The van der Waals surface area contributed by atoms with Gasteiger partial charge in [0.05, 0.1) is 31.7 Å². The summed E-state index contributed by atoms with van der Waals surface area (Å²) in [6.07, 6.45) is 5.30. The summed E-state index contributed by atoms with van der Waals surface area (Å²) in [6, 6.07) is 8.97. The molecule has 0 spiro atoms. The smallest absolute Gasteiger partial charge is 0.305 e. The van der Waals surface area contributed by atoms with Crippen LogP contribution in [0.4, 0.5) is 14.7 Å². The largest absolute Gasteiger partial charge is 0.469 e. The van der Waals surface area contributed by atoms with Gasteiger partial charge in [0.2, 0.25) is 11.8 Å². The minimum absolute atomic E-state index is 0.140. The average molecular weight is 648 g/mol. The molecule has 3 aromatic rings. The van der Waals surface area contributed by atoms with Crippen molar-refractivity contribution in [2.75, 3.05) is 51.3 Å². The zero-order valence-electron chi connectivity index (χ0n) is 24.4. The predicted octanol–water partition coefficient (Wildman–Crippen LogP) is 5.94. The van der Waals surface area contributed by atoms with Crippen LogP contribution in [-0.2, 0) is 16.1 Å². The van der Waals surface area contributed by atoms with E-state index in [0.717, 1.165) is 37.1 Å². The second-order valence-corrected chi connectivity index (χ2v) is 12.7. The van der Waals surface area contributed by atoms with Gasteiger partial charge in [-0.25, -0.2) is 23.7 Å². The first-order valence-electron chi connectivity index (χ1n) is 14.8. The maximum absolute atomic E-state index is 13.9. The molecule has 0 unspecified atom stereocenters. The fourth-order valence-electron chi connectivity index (χ4n) is 6.31. The highest BCUT2D eigenvalue weighted by Gasteiger charge is 2.47. The summed E-state index contributed by atoms with van der Waals surface area (Å²) in [5.41, 5.74) is 2.41. The lowest BCUT2D eigenvalue weighted by molar-refractivity contribution is -0.142. The fourth-order valence-corrected chi connectivity index (χ4v) is 6.83. The molecule has 13 heteroatoms. The first kappa shape index (κ1) is 30.9. The molecule has 6 rings (SSSR count). The summed E-state index contributed by atoms with van der Waals surface area (Å²) in [4.78, 5) is 31.6. The average Bonchev–Trinajstić information content (AvgIpc) is 3.31. The van der Waals surface area contributed by atoms with Gasteiger partial charge in [-0.2, -0.15) is 0 Å². The number of piperidine rings is 1. The van der Waals surface area contributed by atoms with Gasteiger partial charge in [-0.3, -0.25) is 14.6 Å². The van der Waals surface area contributed by atoms with E-state index in [0.29, 0.717) is 71.8 Å². The molecule has 3 saturated heterocycles. The Bertz CT molecular complexity index is 1470. The molecule has 5 heterocycles. The highest BCUT2D eigenvalue weighted by atomic mass is 35.5. The number of pyridine rings is 1. The molecule has 234 valence electrons. The number of nitrogens with zero attached hydrogens (tertiary/aromatic N) is 6.